The number of hydrogen-bond acceptors (Lipinski definition) is 6. The number of benzene rings is 2. The van der Waals surface area contributed by atoms with Crippen molar-refractivity contribution in [2.75, 3.05) is 21.3 Å². The summed E-state index contributed by atoms with van der Waals surface area (Å²) in [5.41, 5.74) is 1.57. The Morgan fingerprint density at radius 2 is 1.97 bits per heavy atom. The number of allylic oxidation sites excluding steroid dienone is 1. The van der Waals surface area contributed by atoms with E-state index in [-0.39, 0.29) is 0 Å². The van der Waals surface area contributed by atoms with Gasteiger partial charge >= 0.3 is 5.97 Å². The molecular formula is C21H20N2O5S. The molecule has 0 aliphatic carbocycles. The number of aromatic nitrogens is 1. The molecule has 0 atom stereocenters. The first kappa shape index (κ1) is 20.3. The fourth-order valence-electron chi connectivity index (χ4n) is 2.91. The smallest absolute Gasteiger partial charge is 0.337 e. The summed E-state index contributed by atoms with van der Waals surface area (Å²) >= 11 is 1.30. The highest BCUT2D eigenvalue weighted by Crippen LogP contribution is 2.31. The van der Waals surface area contributed by atoms with Crippen LogP contribution < -0.4 is 14.3 Å². The van der Waals surface area contributed by atoms with E-state index in [1.165, 1.54) is 32.7 Å². The van der Waals surface area contributed by atoms with Crippen molar-refractivity contribution in [3.8, 4) is 11.5 Å². The zero-order valence-electron chi connectivity index (χ0n) is 16.3. The van der Waals surface area contributed by atoms with Crippen molar-refractivity contribution in [1.29, 1.82) is 0 Å². The zero-order valence-corrected chi connectivity index (χ0v) is 17.1. The van der Waals surface area contributed by atoms with E-state index >= 15 is 0 Å². The van der Waals surface area contributed by atoms with E-state index in [0.29, 0.717) is 34.0 Å². The van der Waals surface area contributed by atoms with Crippen molar-refractivity contribution in [3.05, 3.63) is 65.0 Å². The first-order chi connectivity index (χ1) is 14.0. The van der Waals surface area contributed by atoms with E-state index < -0.39 is 11.9 Å². The number of fused-ring (bicyclic) bond motifs is 1. The van der Waals surface area contributed by atoms with Crippen LogP contribution in [-0.2, 0) is 11.3 Å². The average molecular weight is 412 g/mol. The SMILES string of the molecule is C=CCn1c(=NC(=O)c2cccc(OC)c2OC)sc2cc(C(=O)OC)ccc21. The van der Waals surface area contributed by atoms with Gasteiger partial charge in [0.05, 0.1) is 42.7 Å². The van der Waals surface area contributed by atoms with Gasteiger partial charge in [0.25, 0.3) is 5.91 Å². The second kappa shape index (κ2) is 8.74. The molecule has 0 aliphatic heterocycles. The summed E-state index contributed by atoms with van der Waals surface area (Å²) in [6, 6.07) is 10.2. The van der Waals surface area contributed by atoms with Gasteiger partial charge in [0.15, 0.2) is 16.3 Å². The summed E-state index contributed by atoms with van der Waals surface area (Å²) in [5.74, 6) is -0.107. The Labute approximate surface area is 171 Å². The normalized spacial score (nSPS) is 11.3. The molecule has 0 N–H and O–H groups in total. The molecule has 0 fully saturated rings. The molecule has 29 heavy (non-hydrogen) atoms. The molecule has 1 amide bonds. The Kier molecular flexibility index (Phi) is 6.13. The van der Waals surface area contributed by atoms with Gasteiger partial charge in [0.2, 0.25) is 0 Å². The Bertz CT molecular complexity index is 1160. The van der Waals surface area contributed by atoms with Crippen LogP contribution in [0.25, 0.3) is 10.2 Å². The molecule has 0 aliphatic rings. The molecule has 0 bridgehead atoms. The second-order valence-corrected chi connectivity index (χ2v) is 6.93. The van der Waals surface area contributed by atoms with Crippen LogP contribution in [0.2, 0.25) is 0 Å². The number of ether oxygens (including phenoxy) is 3. The maximum atomic E-state index is 12.9. The van der Waals surface area contributed by atoms with Crippen LogP contribution in [0, 0.1) is 0 Å². The minimum Gasteiger partial charge on any atom is -0.493 e. The molecule has 1 heterocycles. The van der Waals surface area contributed by atoms with Gasteiger partial charge in [-0.1, -0.05) is 23.5 Å². The summed E-state index contributed by atoms with van der Waals surface area (Å²) in [4.78, 5) is 29.5. The van der Waals surface area contributed by atoms with Crippen molar-refractivity contribution in [1.82, 2.24) is 4.57 Å². The van der Waals surface area contributed by atoms with Gasteiger partial charge < -0.3 is 18.8 Å². The van der Waals surface area contributed by atoms with E-state index in [0.717, 1.165) is 10.2 Å². The maximum Gasteiger partial charge on any atom is 0.337 e. The molecule has 0 spiro atoms. The topological polar surface area (TPSA) is 79.1 Å². The summed E-state index contributed by atoms with van der Waals surface area (Å²) in [5, 5.41) is 0. The molecule has 1 aromatic heterocycles. The third kappa shape index (κ3) is 3.93. The molecule has 0 saturated carbocycles. The van der Waals surface area contributed by atoms with Crippen molar-refractivity contribution in [3.63, 3.8) is 0 Å². The number of nitrogens with zero attached hydrogens (tertiary/aromatic N) is 2. The number of rotatable bonds is 6. The van der Waals surface area contributed by atoms with Gasteiger partial charge in [-0.15, -0.1) is 6.58 Å². The third-order valence-electron chi connectivity index (χ3n) is 4.25. The lowest BCUT2D eigenvalue weighted by Crippen LogP contribution is -2.16. The predicted octanol–water partition coefficient (Wildman–Crippen LogP) is 3.43. The minimum atomic E-state index is -0.460. The average Bonchev–Trinajstić information content (AvgIpc) is 3.08. The number of amides is 1. The molecule has 2 aromatic carbocycles. The van der Waals surface area contributed by atoms with E-state index in [4.69, 9.17) is 14.2 Å². The number of para-hydroxylation sites is 1. The fraction of sp³-hybridized carbons (Fsp3) is 0.190. The summed E-state index contributed by atoms with van der Waals surface area (Å²) in [6.07, 6.45) is 1.72. The third-order valence-corrected chi connectivity index (χ3v) is 5.29. The van der Waals surface area contributed by atoms with Gasteiger partial charge in [0, 0.05) is 6.54 Å². The number of carbonyl (C=O) groups excluding carboxylic acids is 2. The molecule has 150 valence electrons. The Morgan fingerprint density at radius 3 is 2.62 bits per heavy atom. The largest absolute Gasteiger partial charge is 0.493 e. The standard InChI is InChI=1S/C21H20N2O5S/c1-5-11-23-15-10-9-13(20(25)28-4)12-17(15)29-21(23)22-19(24)14-7-6-8-16(26-2)18(14)27-3/h5-10,12H,1,11H2,2-4H3. The lowest BCUT2D eigenvalue weighted by Gasteiger charge is -2.09. The van der Waals surface area contributed by atoms with Crippen LogP contribution in [0.5, 0.6) is 11.5 Å². The predicted molar refractivity (Wildman–Crippen MR) is 111 cm³/mol. The number of esters is 1. The highest BCUT2D eigenvalue weighted by molar-refractivity contribution is 7.16. The number of thiazole rings is 1. The van der Waals surface area contributed by atoms with Crippen LogP contribution in [0.1, 0.15) is 20.7 Å². The number of carbonyl (C=O) groups is 2. The van der Waals surface area contributed by atoms with Crippen LogP contribution in [0.4, 0.5) is 0 Å². The van der Waals surface area contributed by atoms with E-state index in [9.17, 15) is 9.59 Å². The zero-order chi connectivity index (χ0) is 21.0. The Hall–Kier alpha value is -3.39. The van der Waals surface area contributed by atoms with E-state index in [1.807, 2.05) is 4.57 Å². The quantitative estimate of drug-likeness (QED) is 0.458. The molecule has 3 rings (SSSR count). The fourth-order valence-corrected chi connectivity index (χ4v) is 3.99. The van der Waals surface area contributed by atoms with Crippen LogP contribution >= 0.6 is 11.3 Å². The summed E-state index contributed by atoms with van der Waals surface area (Å²) in [6.45, 7) is 4.23. The van der Waals surface area contributed by atoms with E-state index in [1.54, 1.807) is 42.5 Å². The number of methoxy groups -OCH3 is 3. The van der Waals surface area contributed by atoms with Crippen molar-refractivity contribution < 1.29 is 23.8 Å². The molecule has 3 aromatic rings. The van der Waals surface area contributed by atoms with Crippen molar-refractivity contribution in [2.24, 2.45) is 4.99 Å². The first-order valence-electron chi connectivity index (χ1n) is 8.66. The molecule has 0 unspecified atom stereocenters. The van der Waals surface area contributed by atoms with Gasteiger partial charge in [-0.2, -0.15) is 4.99 Å². The van der Waals surface area contributed by atoms with Gasteiger partial charge in [-0.3, -0.25) is 4.79 Å². The molecule has 0 saturated heterocycles. The second-order valence-electron chi connectivity index (χ2n) is 5.92. The monoisotopic (exact) mass is 412 g/mol. The van der Waals surface area contributed by atoms with E-state index in [2.05, 4.69) is 11.6 Å². The molecular weight excluding hydrogens is 392 g/mol. The lowest BCUT2D eigenvalue weighted by molar-refractivity contribution is 0.0600. The Morgan fingerprint density at radius 1 is 1.17 bits per heavy atom. The van der Waals surface area contributed by atoms with Crippen molar-refractivity contribution in [2.45, 2.75) is 6.54 Å². The molecule has 7 nitrogen and oxygen atoms in total. The highest BCUT2D eigenvalue weighted by Gasteiger charge is 2.17. The number of hydrogen-bond donors (Lipinski definition) is 0. The Balaban J connectivity index is 2.16. The van der Waals surface area contributed by atoms with Crippen LogP contribution in [-0.4, -0.2) is 37.8 Å². The van der Waals surface area contributed by atoms with Crippen LogP contribution in [0.15, 0.2) is 54.0 Å². The molecule has 0 radical (unpaired) electrons. The van der Waals surface area contributed by atoms with Gasteiger partial charge in [-0.25, -0.2) is 4.79 Å². The lowest BCUT2D eigenvalue weighted by atomic mass is 10.2. The van der Waals surface area contributed by atoms with Gasteiger partial charge in [-0.05, 0) is 30.3 Å². The van der Waals surface area contributed by atoms with Gasteiger partial charge in [0.1, 0.15) is 0 Å². The minimum absolute atomic E-state index is 0.296. The van der Waals surface area contributed by atoms with Crippen LogP contribution in [0.3, 0.4) is 0 Å². The first-order valence-corrected chi connectivity index (χ1v) is 9.48. The maximum absolute atomic E-state index is 12.9. The molecule has 8 heteroatoms. The highest BCUT2D eigenvalue weighted by atomic mass is 32.1. The summed E-state index contributed by atoms with van der Waals surface area (Å²) in [7, 11) is 4.31. The summed E-state index contributed by atoms with van der Waals surface area (Å²) < 4.78 is 18.0. The van der Waals surface area contributed by atoms with Crippen molar-refractivity contribution >= 4 is 33.4 Å².